The summed E-state index contributed by atoms with van der Waals surface area (Å²) in [6, 6.07) is 17.5. The molecule has 0 aliphatic carbocycles. The van der Waals surface area contributed by atoms with Crippen LogP contribution in [0.15, 0.2) is 65.3 Å². The highest BCUT2D eigenvalue weighted by Crippen LogP contribution is 2.18. The number of benzene rings is 2. The van der Waals surface area contributed by atoms with Crippen molar-refractivity contribution in [1.29, 1.82) is 0 Å². The van der Waals surface area contributed by atoms with E-state index >= 15 is 0 Å². The molecule has 0 aliphatic heterocycles. The number of hydrogen-bond donors (Lipinski definition) is 1. The molecular formula is C17H16BrNO. The van der Waals surface area contributed by atoms with Gasteiger partial charge in [0, 0.05) is 29.7 Å². The minimum atomic E-state index is 0.105. The van der Waals surface area contributed by atoms with Gasteiger partial charge in [-0.3, -0.25) is 4.79 Å². The zero-order valence-electron chi connectivity index (χ0n) is 11.3. The van der Waals surface area contributed by atoms with Crippen LogP contribution in [0, 0.1) is 0 Å². The molecule has 0 bridgehead atoms. The fourth-order valence-corrected chi connectivity index (χ4v) is 2.23. The number of ketones is 1. The average Bonchev–Trinajstić information content (AvgIpc) is 2.48. The first kappa shape index (κ1) is 14.5. The lowest BCUT2D eigenvalue weighted by atomic mass is 9.98. The number of carbonyl (C=O) groups excluding carboxylic acids is 1. The molecule has 0 heterocycles. The van der Waals surface area contributed by atoms with E-state index in [4.69, 9.17) is 0 Å². The zero-order chi connectivity index (χ0) is 14.4. The highest BCUT2D eigenvalue weighted by molar-refractivity contribution is 9.10. The summed E-state index contributed by atoms with van der Waals surface area (Å²) in [5.74, 6) is 0.105. The van der Waals surface area contributed by atoms with E-state index in [9.17, 15) is 4.79 Å². The summed E-state index contributed by atoms with van der Waals surface area (Å²) in [6.45, 7) is 0. The van der Waals surface area contributed by atoms with Crippen LogP contribution in [0.1, 0.15) is 11.1 Å². The maximum absolute atomic E-state index is 12.5. The Kier molecular flexibility index (Phi) is 5.13. The molecule has 2 aromatic carbocycles. The van der Waals surface area contributed by atoms with Crippen molar-refractivity contribution in [3.63, 3.8) is 0 Å². The predicted molar refractivity (Wildman–Crippen MR) is 86.3 cm³/mol. The van der Waals surface area contributed by atoms with Crippen LogP contribution >= 0.6 is 15.9 Å². The predicted octanol–water partition coefficient (Wildman–Crippen LogP) is 3.82. The highest BCUT2D eigenvalue weighted by Gasteiger charge is 2.12. The third-order valence-corrected chi connectivity index (χ3v) is 3.48. The van der Waals surface area contributed by atoms with Crippen molar-refractivity contribution in [2.24, 2.45) is 0 Å². The Hall–Kier alpha value is -1.87. The second kappa shape index (κ2) is 7.06. The third-order valence-electron chi connectivity index (χ3n) is 2.95. The van der Waals surface area contributed by atoms with Gasteiger partial charge in [0.05, 0.1) is 0 Å². The van der Waals surface area contributed by atoms with Crippen molar-refractivity contribution < 1.29 is 4.79 Å². The molecule has 2 rings (SSSR count). The fourth-order valence-electron chi connectivity index (χ4n) is 1.97. The molecule has 0 saturated heterocycles. The zero-order valence-corrected chi connectivity index (χ0v) is 12.9. The van der Waals surface area contributed by atoms with E-state index in [1.165, 1.54) is 0 Å². The summed E-state index contributed by atoms with van der Waals surface area (Å²) in [4.78, 5) is 12.5. The van der Waals surface area contributed by atoms with Gasteiger partial charge in [-0.1, -0.05) is 58.4 Å². The maximum Gasteiger partial charge on any atom is 0.169 e. The monoisotopic (exact) mass is 329 g/mol. The summed E-state index contributed by atoms with van der Waals surface area (Å²) in [5, 5.41) is 2.95. The highest BCUT2D eigenvalue weighted by atomic mass is 79.9. The van der Waals surface area contributed by atoms with Gasteiger partial charge in [0.25, 0.3) is 0 Å². The van der Waals surface area contributed by atoms with Crippen LogP contribution < -0.4 is 5.32 Å². The minimum Gasteiger partial charge on any atom is -0.393 e. The van der Waals surface area contributed by atoms with Crippen LogP contribution in [0.5, 0.6) is 0 Å². The molecule has 0 unspecified atom stereocenters. The van der Waals surface area contributed by atoms with Crippen LogP contribution in [-0.2, 0) is 11.2 Å². The molecular weight excluding hydrogens is 314 g/mol. The van der Waals surface area contributed by atoms with Crippen LogP contribution in [0.2, 0.25) is 0 Å². The first-order valence-electron chi connectivity index (χ1n) is 6.41. The first-order valence-corrected chi connectivity index (χ1v) is 7.20. The van der Waals surface area contributed by atoms with Crippen molar-refractivity contribution >= 4 is 27.3 Å². The number of hydrogen-bond acceptors (Lipinski definition) is 2. The molecule has 0 aromatic heterocycles. The Bertz CT molecular complexity index is 603. The van der Waals surface area contributed by atoms with Crippen molar-refractivity contribution in [1.82, 2.24) is 5.32 Å². The maximum atomic E-state index is 12.5. The van der Waals surface area contributed by atoms with Gasteiger partial charge in [-0.15, -0.1) is 0 Å². The van der Waals surface area contributed by atoms with E-state index in [1.54, 1.807) is 13.2 Å². The molecule has 0 amide bonds. The Morgan fingerprint density at radius 3 is 2.35 bits per heavy atom. The quantitative estimate of drug-likeness (QED) is 0.845. The largest absolute Gasteiger partial charge is 0.393 e. The topological polar surface area (TPSA) is 29.1 Å². The molecule has 0 radical (unpaired) electrons. The lowest BCUT2D eigenvalue weighted by Crippen LogP contribution is -2.09. The number of nitrogens with one attached hydrogen (secondary N) is 1. The van der Waals surface area contributed by atoms with Gasteiger partial charge in [-0.25, -0.2) is 0 Å². The number of rotatable bonds is 5. The number of Topliss-reactive ketones (excluding diaryl/α,β-unsaturated/α-hetero) is 1. The van der Waals surface area contributed by atoms with Crippen molar-refractivity contribution in [3.8, 4) is 0 Å². The van der Waals surface area contributed by atoms with Crippen LogP contribution in [-0.4, -0.2) is 12.8 Å². The van der Waals surface area contributed by atoms with E-state index in [0.717, 1.165) is 15.6 Å². The van der Waals surface area contributed by atoms with Gasteiger partial charge >= 0.3 is 0 Å². The second-order valence-electron chi connectivity index (χ2n) is 4.44. The van der Waals surface area contributed by atoms with Crippen LogP contribution in [0.4, 0.5) is 0 Å². The minimum absolute atomic E-state index is 0.105. The lowest BCUT2D eigenvalue weighted by Gasteiger charge is -2.07. The molecule has 2 aromatic rings. The third kappa shape index (κ3) is 3.81. The average molecular weight is 330 g/mol. The van der Waals surface area contributed by atoms with E-state index in [0.29, 0.717) is 12.0 Å². The Morgan fingerprint density at radius 1 is 1.10 bits per heavy atom. The lowest BCUT2D eigenvalue weighted by molar-refractivity contribution is -0.113. The van der Waals surface area contributed by atoms with Gasteiger partial charge in [0.15, 0.2) is 5.78 Å². The molecule has 3 heteroatoms. The molecule has 0 atom stereocenters. The molecule has 1 N–H and O–H groups in total. The molecule has 0 spiro atoms. The molecule has 2 nitrogen and oxygen atoms in total. The Labute approximate surface area is 127 Å². The Morgan fingerprint density at radius 2 is 1.75 bits per heavy atom. The van der Waals surface area contributed by atoms with Gasteiger partial charge < -0.3 is 5.32 Å². The summed E-state index contributed by atoms with van der Waals surface area (Å²) in [5.41, 5.74) is 2.65. The molecule has 0 fully saturated rings. The van der Waals surface area contributed by atoms with E-state index < -0.39 is 0 Å². The SMILES string of the molecule is CNC=C(C(=O)Cc1ccc(Br)cc1)c1ccccc1. The summed E-state index contributed by atoms with van der Waals surface area (Å²) < 4.78 is 1.02. The van der Waals surface area contributed by atoms with E-state index in [2.05, 4.69) is 21.2 Å². The smallest absolute Gasteiger partial charge is 0.169 e. The molecule has 20 heavy (non-hydrogen) atoms. The fraction of sp³-hybridized carbons (Fsp3) is 0.118. The summed E-state index contributed by atoms with van der Waals surface area (Å²) >= 11 is 3.40. The number of allylic oxidation sites excluding steroid dienone is 1. The van der Waals surface area contributed by atoms with E-state index in [1.807, 2.05) is 54.6 Å². The van der Waals surface area contributed by atoms with Crippen LogP contribution in [0.3, 0.4) is 0 Å². The molecule has 0 aliphatic rings. The van der Waals surface area contributed by atoms with Crippen LogP contribution in [0.25, 0.3) is 5.57 Å². The van der Waals surface area contributed by atoms with Crippen molar-refractivity contribution in [2.45, 2.75) is 6.42 Å². The Balaban J connectivity index is 2.20. The van der Waals surface area contributed by atoms with Gasteiger partial charge in [0.1, 0.15) is 0 Å². The van der Waals surface area contributed by atoms with Gasteiger partial charge in [-0.05, 0) is 23.3 Å². The number of halogens is 1. The summed E-state index contributed by atoms with van der Waals surface area (Å²) in [7, 11) is 1.80. The van der Waals surface area contributed by atoms with Gasteiger partial charge in [-0.2, -0.15) is 0 Å². The molecule has 0 saturated carbocycles. The first-order chi connectivity index (χ1) is 9.70. The standard InChI is InChI=1S/C17H16BrNO/c1-19-12-16(14-5-3-2-4-6-14)17(20)11-13-7-9-15(18)10-8-13/h2-10,12,19H,11H2,1H3. The second-order valence-corrected chi connectivity index (χ2v) is 5.35. The van der Waals surface area contributed by atoms with Crippen molar-refractivity contribution in [2.75, 3.05) is 7.05 Å². The molecule has 102 valence electrons. The number of carbonyl (C=O) groups is 1. The summed E-state index contributed by atoms with van der Waals surface area (Å²) in [6.07, 6.45) is 2.16. The van der Waals surface area contributed by atoms with Gasteiger partial charge in [0.2, 0.25) is 0 Å². The van der Waals surface area contributed by atoms with Crippen molar-refractivity contribution in [3.05, 3.63) is 76.4 Å². The normalized spacial score (nSPS) is 11.2. The van der Waals surface area contributed by atoms with E-state index in [-0.39, 0.29) is 5.78 Å².